The lowest BCUT2D eigenvalue weighted by molar-refractivity contribution is -0.124. The first-order valence-corrected chi connectivity index (χ1v) is 7.93. The number of carbonyl (C=O) groups excluding carboxylic acids is 1. The number of carbonyl (C=O) groups is 1. The van der Waals surface area contributed by atoms with Crippen LogP contribution in [0.3, 0.4) is 0 Å². The van der Waals surface area contributed by atoms with E-state index in [2.05, 4.69) is 24.1 Å². The molecule has 2 atom stereocenters. The first kappa shape index (κ1) is 16.4. The molecule has 1 rings (SSSR count). The molecule has 1 saturated carbocycles. The lowest BCUT2D eigenvalue weighted by Gasteiger charge is -2.21. The molecule has 1 amide bonds. The Balaban J connectivity index is 2.10. The summed E-state index contributed by atoms with van der Waals surface area (Å²) in [5, 5.41) is 3.06. The van der Waals surface area contributed by atoms with Gasteiger partial charge in [0.05, 0.1) is 0 Å². The zero-order valence-corrected chi connectivity index (χ0v) is 12.7. The number of rotatable bonds is 9. The highest BCUT2D eigenvalue weighted by atomic mass is 16.1. The van der Waals surface area contributed by atoms with Gasteiger partial charge in [0.25, 0.3) is 0 Å². The van der Waals surface area contributed by atoms with Gasteiger partial charge in [0, 0.05) is 18.5 Å². The molecule has 0 aromatic rings. The summed E-state index contributed by atoms with van der Waals surface area (Å²) >= 11 is 0. The van der Waals surface area contributed by atoms with Crippen LogP contribution in [0.2, 0.25) is 0 Å². The standard InChI is InChI=1S/C15H31N3O/c1-3-9-18(10-4-2)11-5-8-17-15(19)13-6-7-14(16)12-13/h13-14H,3-12,16H2,1-2H3,(H,17,19). The topological polar surface area (TPSA) is 58.4 Å². The molecule has 19 heavy (non-hydrogen) atoms. The molecule has 4 heteroatoms. The third-order valence-electron chi connectivity index (χ3n) is 3.87. The van der Waals surface area contributed by atoms with Gasteiger partial charge < -0.3 is 16.0 Å². The van der Waals surface area contributed by atoms with Crippen molar-refractivity contribution in [1.29, 1.82) is 0 Å². The van der Waals surface area contributed by atoms with Crippen molar-refractivity contribution in [2.24, 2.45) is 11.7 Å². The molecule has 0 spiro atoms. The van der Waals surface area contributed by atoms with Crippen LogP contribution in [-0.4, -0.2) is 43.0 Å². The van der Waals surface area contributed by atoms with Crippen molar-refractivity contribution in [3.63, 3.8) is 0 Å². The predicted molar refractivity (Wildman–Crippen MR) is 80.0 cm³/mol. The van der Waals surface area contributed by atoms with Crippen LogP contribution >= 0.6 is 0 Å². The number of nitrogens with zero attached hydrogens (tertiary/aromatic N) is 1. The van der Waals surface area contributed by atoms with E-state index in [0.717, 1.165) is 38.8 Å². The van der Waals surface area contributed by atoms with E-state index in [1.165, 1.54) is 25.9 Å². The number of amides is 1. The Morgan fingerprint density at radius 1 is 1.21 bits per heavy atom. The van der Waals surface area contributed by atoms with E-state index in [-0.39, 0.29) is 17.9 Å². The molecule has 0 radical (unpaired) electrons. The Kier molecular flexibility index (Phi) is 8.07. The van der Waals surface area contributed by atoms with Crippen LogP contribution in [0.15, 0.2) is 0 Å². The third-order valence-corrected chi connectivity index (χ3v) is 3.87. The van der Waals surface area contributed by atoms with E-state index in [9.17, 15) is 4.79 Å². The number of hydrogen-bond donors (Lipinski definition) is 2. The Labute approximate surface area is 118 Å². The molecule has 0 bridgehead atoms. The van der Waals surface area contributed by atoms with Crippen molar-refractivity contribution in [3.05, 3.63) is 0 Å². The van der Waals surface area contributed by atoms with Gasteiger partial charge >= 0.3 is 0 Å². The summed E-state index contributed by atoms with van der Waals surface area (Å²) in [6.45, 7) is 8.65. The molecule has 3 N–H and O–H groups in total. The van der Waals surface area contributed by atoms with E-state index in [4.69, 9.17) is 5.73 Å². The van der Waals surface area contributed by atoms with E-state index in [1.54, 1.807) is 0 Å². The van der Waals surface area contributed by atoms with E-state index in [1.807, 2.05) is 0 Å². The van der Waals surface area contributed by atoms with E-state index < -0.39 is 0 Å². The minimum absolute atomic E-state index is 0.164. The zero-order chi connectivity index (χ0) is 14.1. The molecule has 0 saturated heterocycles. The fourth-order valence-corrected chi connectivity index (χ4v) is 2.88. The Bertz CT molecular complexity index is 252. The second kappa shape index (κ2) is 9.32. The van der Waals surface area contributed by atoms with Gasteiger partial charge in [-0.05, 0) is 58.2 Å². The van der Waals surface area contributed by atoms with E-state index >= 15 is 0 Å². The molecule has 0 aromatic carbocycles. The fraction of sp³-hybridized carbons (Fsp3) is 0.933. The molecular formula is C15H31N3O. The molecule has 1 aliphatic carbocycles. The van der Waals surface area contributed by atoms with Crippen LogP contribution in [0, 0.1) is 5.92 Å². The molecule has 1 aliphatic rings. The van der Waals surface area contributed by atoms with Gasteiger partial charge in [0.2, 0.25) is 5.91 Å². The normalized spacial score (nSPS) is 22.9. The van der Waals surface area contributed by atoms with Gasteiger partial charge in [-0.1, -0.05) is 13.8 Å². The summed E-state index contributed by atoms with van der Waals surface area (Å²) in [5.41, 5.74) is 5.84. The van der Waals surface area contributed by atoms with Crippen LogP contribution in [0.4, 0.5) is 0 Å². The van der Waals surface area contributed by atoms with Crippen LogP contribution in [0.1, 0.15) is 52.4 Å². The molecule has 112 valence electrons. The maximum Gasteiger partial charge on any atom is 0.223 e. The second-order valence-corrected chi connectivity index (χ2v) is 5.76. The van der Waals surface area contributed by atoms with Gasteiger partial charge in [-0.15, -0.1) is 0 Å². The molecule has 2 unspecified atom stereocenters. The predicted octanol–water partition coefficient (Wildman–Crippen LogP) is 1.74. The van der Waals surface area contributed by atoms with Crippen molar-refractivity contribution in [2.45, 2.75) is 58.4 Å². The lowest BCUT2D eigenvalue weighted by atomic mass is 10.1. The molecule has 0 heterocycles. The molecular weight excluding hydrogens is 238 g/mol. The Morgan fingerprint density at radius 2 is 1.89 bits per heavy atom. The number of nitrogens with two attached hydrogens (primary N) is 1. The molecule has 0 aliphatic heterocycles. The summed E-state index contributed by atoms with van der Waals surface area (Å²) in [7, 11) is 0. The average Bonchev–Trinajstić information content (AvgIpc) is 2.81. The SMILES string of the molecule is CCCN(CCC)CCCNC(=O)C1CCC(N)C1. The third kappa shape index (κ3) is 6.39. The fourth-order valence-electron chi connectivity index (χ4n) is 2.88. The van der Waals surface area contributed by atoms with Crippen LogP contribution < -0.4 is 11.1 Å². The molecule has 1 fully saturated rings. The highest BCUT2D eigenvalue weighted by Crippen LogP contribution is 2.23. The summed E-state index contributed by atoms with van der Waals surface area (Å²) < 4.78 is 0. The first-order valence-electron chi connectivity index (χ1n) is 7.93. The van der Waals surface area contributed by atoms with Crippen molar-refractivity contribution in [1.82, 2.24) is 10.2 Å². The summed E-state index contributed by atoms with van der Waals surface area (Å²) in [6.07, 6.45) is 6.27. The van der Waals surface area contributed by atoms with E-state index in [0.29, 0.717) is 0 Å². The molecule has 0 aromatic heterocycles. The van der Waals surface area contributed by atoms with Gasteiger partial charge in [0.1, 0.15) is 0 Å². The molecule has 4 nitrogen and oxygen atoms in total. The Morgan fingerprint density at radius 3 is 2.42 bits per heavy atom. The maximum atomic E-state index is 11.9. The van der Waals surface area contributed by atoms with Crippen molar-refractivity contribution >= 4 is 5.91 Å². The van der Waals surface area contributed by atoms with Crippen LogP contribution in [0.25, 0.3) is 0 Å². The lowest BCUT2D eigenvalue weighted by Crippen LogP contribution is -2.34. The van der Waals surface area contributed by atoms with Crippen molar-refractivity contribution in [3.8, 4) is 0 Å². The van der Waals surface area contributed by atoms with Gasteiger partial charge in [-0.2, -0.15) is 0 Å². The van der Waals surface area contributed by atoms with Gasteiger partial charge in [0.15, 0.2) is 0 Å². The highest BCUT2D eigenvalue weighted by Gasteiger charge is 2.27. The van der Waals surface area contributed by atoms with Crippen molar-refractivity contribution < 1.29 is 4.79 Å². The summed E-state index contributed by atoms with van der Waals surface area (Å²) in [5.74, 6) is 0.378. The minimum atomic E-state index is 0.164. The minimum Gasteiger partial charge on any atom is -0.356 e. The quantitative estimate of drug-likeness (QED) is 0.627. The largest absolute Gasteiger partial charge is 0.356 e. The Hall–Kier alpha value is -0.610. The van der Waals surface area contributed by atoms with Gasteiger partial charge in [-0.25, -0.2) is 0 Å². The average molecular weight is 269 g/mol. The van der Waals surface area contributed by atoms with Crippen LogP contribution in [-0.2, 0) is 4.79 Å². The second-order valence-electron chi connectivity index (χ2n) is 5.76. The number of nitrogens with one attached hydrogen (secondary N) is 1. The monoisotopic (exact) mass is 269 g/mol. The smallest absolute Gasteiger partial charge is 0.223 e. The summed E-state index contributed by atoms with van der Waals surface area (Å²) in [6, 6.07) is 0.236. The highest BCUT2D eigenvalue weighted by molar-refractivity contribution is 5.78. The number of hydrogen-bond acceptors (Lipinski definition) is 3. The first-order chi connectivity index (χ1) is 9.17. The maximum absolute atomic E-state index is 11.9. The summed E-state index contributed by atoms with van der Waals surface area (Å²) in [4.78, 5) is 14.4. The van der Waals surface area contributed by atoms with Crippen LogP contribution in [0.5, 0.6) is 0 Å². The van der Waals surface area contributed by atoms with Crippen molar-refractivity contribution in [2.75, 3.05) is 26.2 Å². The zero-order valence-electron chi connectivity index (χ0n) is 12.7. The van der Waals surface area contributed by atoms with Gasteiger partial charge in [-0.3, -0.25) is 4.79 Å².